The van der Waals surface area contributed by atoms with Crippen LogP contribution in [0.4, 0.5) is 0 Å². The average Bonchev–Trinajstić information content (AvgIpc) is 2.34. The molecule has 0 atom stereocenters. The van der Waals surface area contributed by atoms with Gasteiger partial charge in [0.1, 0.15) is 0 Å². The summed E-state index contributed by atoms with van der Waals surface area (Å²) in [6.45, 7) is 4.10. The first-order valence-electron chi connectivity index (χ1n) is 6.32. The molecule has 0 aromatic carbocycles. The molecular formula is C12H24N2O2. The molecule has 0 saturated carbocycles. The fourth-order valence-electron chi connectivity index (χ4n) is 1.95. The van der Waals surface area contributed by atoms with Crippen LogP contribution in [-0.2, 0) is 9.53 Å². The van der Waals surface area contributed by atoms with Gasteiger partial charge in [0.15, 0.2) is 0 Å². The average molecular weight is 228 g/mol. The fraction of sp³-hybridized carbons (Fsp3) is 0.917. The van der Waals surface area contributed by atoms with Crippen LogP contribution in [0.2, 0.25) is 0 Å². The fourth-order valence-corrected chi connectivity index (χ4v) is 1.95. The molecule has 0 aliphatic carbocycles. The van der Waals surface area contributed by atoms with Gasteiger partial charge in [-0.2, -0.15) is 0 Å². The largest absolute Gasteiger partial charge is 0.385 e. The number of nitrogens with zero attached hydrogens (tertiary/aromatic N) is 1. The van der Waals surface area contributed by atoms with E-state index in [1.165, 1.54) is 19.3 Å². The Hall–Kier alpha value is -0.610. The standard InChI is InChI=1S/C12H24N2O2/c1-16-10-6-3-7-13-11-12(15)14-8-4-2-5-9-14/h13H,2-11H2,1H3. The molecule has 0 aromatic heterocycles. The Bertz CT molecular complexity index is 191. The van der Waals surface area contributed by atoms with E-state index in [9.17, 15) is 4.79 Å². The first-order valence-corrected chi connectivity index (χ1v) is 6.32. The molecule has 1 amide bonds. The van der Waals surface area contributed by atoms with Crippen LogP contribution < -0.4 is 5.32 Å². The normalized spacial score (nSPS) is 16.4. The lowest BCUT2D eigenvalue weighted by atomic mass is 10.1. The van der Waals surface area contributed by atoms with Crippen LogP contribution in [0.3, 0.4) is 0 Å². The van der Waals surface area contributed by atoms with Gasteiger partial charge in [-0.05, 0) is 38.6 Å². The van der Waals surface area contributed by atoms with Gasteiger partial charge in [0, 0.05) is 26.8 Å². The van der Waals surface area contributed by atoms with E-state index < -0.39 is 0 Å². The summed E-state index contributed by atoms with van der Waals surface area (Å²) < 4.78 is 4.96. The van der Waals surface area contributed by atoms with Crippen LogP contribution >= 0.6 is 0 Å². The number of methoxy groups -OCH3 is 1. The number of nitrogens with one attached hydrogen (secondary N) is 1. The van der Waals surface area contributed by atoms with Gasteiger partial charge in [-0.15, -0.1) is 0 Å². The number of ether oxygens (including phenoxy) is 1. The van der Waals surface area contributed by atoms with E-state index in [1.54, 1.807) is 7.11 Å². The summed E-state index contributed by atoms with van der Waals surface area (Å²) in [6.07, 6.45) is 5.73. The highest BCUT2D eigenvalue weighted by Crippen LogP contribution is 2.08. The highest BCUT2D eigenvalue weighted by Gasteiger charge is 2.15. The lowest BCUT2D eigenvalue weighted by molar-refractivity contribution is -0.131. The predicted molar refractivity (Wildman–Crippen MR) is 64.4 cm³/mol. The maximum absolute atomic E-state index is 11.7. The van der Waals surface area contributed by atoms with Crippen molar-refractivity contribution < 1.29 is 9.53 Å². The minimum Gasteiger partial charge on any atom is -0.385 e. The van der Waals surface area contributed by atoms with Crippen LogP contribution in [0.1, 0.15) is 32.1 Å². The van der Waals surface area contributed by atoms with E-state index in [1.807, 2.05) is 4.90 Å². The Morgan fingerprint density at radius 3 is 2.69 bits per heavy atom. The lowest BCUT2D eigenvalue weighted by Crippen LogP contribution is -2.41. The Balaban J connectivity index is 1.97. The van der Waals surface area contributed by atoms with Crippen molar-refractivity contribution >= 4 is 5.91 Å². The van der Waals surface area contributed by atoms with Gasteiger partial charge in [0.25, 0.3) is 0 Å². The second-order valence-corrected chi connectivity index (χ2v) is 4.32. The number of carbonyl (C=O) groups is 1. The minimum atomic E-state index is 0.256. The number of hydrogen-bond donors (Lipinski definition) is 1. The summed E-state index contributed by atoms with van der Waals surface area (Å²) in [7, 11) is 1.72. The van der Waals surface area contributed by atoms with Crippen LogP contribution in [0.15, 0.2) is 0 Å². The molecular weight excluding hydrogens is 204 g/mol. The Labute approximate surface area is 98.3 Å². The van der Waals surface area contributed by atoms with E-state index in [4.69, 9.17) is 4.74 Å². The van der Waals surface area contributed by atoms with Gasteiger partial charge in [-0.25, -0.2) is 0 Å². The van der Waals surface area contributed by atoms with Crippen LogP contribution in [-0.4, -0.2) is 50.7 Å². The molecule has 1 aliphatic rings. The molecule has 0 spiro atoms. The zero-order valence-electron chi connectivity index (χ0n) is 10.3. The maximum Gasteiger partial charge on any atom is 0.236 e. The number of amides is 1. The van der Waals surface area contributed by atoms with Crippen molar-refractivity contribution in [1.82, 2.24) is 10.2 Å². The molecule has 1 heterocycles. The summed E-state index contributed by atoms with van der Waals surface area (Å²) in [5.74, 6) is 0.256. The molecule has 1 fully saturated rings. The van der Waals surface area contributed by atoms with Crippen molar-refractivity contribution in [3.05, 3.63) is 0 Å². The molecule has 94 valence electrons. The number of likely N-dealkylation sites (tertiary alicyclic amines) is 1. The Morgan fingerprint density at radius 1 is 1.25 bits per heavy atom. The van der Waals surface area contributed by atoms with Crippen molar-refractivity contribution in [2.45, 2.75) is 32.1 Å². The molecule has 0 unspecified atom stereocenters. The molecule has 4 nitrogen and oxygen atoms in total. The van der Waals surface area contributed by atoms with Gasteiger partial charge in [-0.3, -0.25) is 4.79 Å². The van der Waals surface area contributed by atoms with E-state index in [-0.39, 0.29) is 5.91 Å². The SMILES string of the molecule is COCCCCNCC(=O)N1CCCCC1. The second-order valence-electron chi connectivity index (χ2n) is 4.32. The smallest absolute Gasteiger partial charge is 0.236 e. The summed E-state index contributed by atoms with van der Waals surface area (Å²) >= 11 is 0. The van der Waals surface area contributed by atoms with Gasteiger partial charge in [0.2, 0.25) is 5.91 Å². The second kappa shape index (κ2) is 8.53. The van der Waals surface area contributed by atoms with Crippen molar-refractivity contribution in [3.63, 3.8) is 0 Å². The summed E-state index contributed by atoms with van der Waals surface area (Å²) in [5, 5.41) is 3.19. The van der Waals surface area contributed by atoms with Gasteiger partial charge < -0.3 is 15.0 Å². The summed E-state index contributed by atoms with van der Waals surface area (Å²) in [5.41, 5.74) is 0. The summed E-state index contributed by atoms with van der Waals surface area (Å²) in [4.78, 5) is 13.7. The third-order valence-corrected chi connectivity index (χ3v) is 2.94. The molecule has 0 radical (unpaired) electrons. The molecule has 1 aliphatic heterocycles. The van der Waals surface area contributed by atoms with Crippen molar-refractivity contribution in [1.29, 1.82) is 0 Å². The van der Waals surface area contributed by atoms with E-state index in [0.717, 1.165) is 39.1 Å². The topological polar surface area (TPSA) is 41.6 Å². The summed E-state index contributed by atoms with van der Waals surface area (Å²) in [6, 6.07) is 0. The van der Waals surface area contributed by atoms with Gasteiger partial charge >= 0.3 is 0 Å². The first kappa shape index (κ1) is 13.5. The van der Waals surface area contributed by atoms with Crippen LogP contribution in [0.25, 0.3) is 0 Å². The van der Waals surface area contributed by atoms with E-state index in [2.05, 4.69) is 5.32 Å². The Kier molecular flexibility index (Phi) is 7.17. The number of piperidine rings is 1. The number of carbonyl (C=O) groups excluding carboxylic acids is 1. The highest BCUT2D eigenvalue weighted by atomic mass is 16.5. The van der Waals surface area contributed by atoms with Crippen LogP contribution in [0, 0.1) is 0 Å². The number of unbranched alkanes of at least 4 members (excludes halogenated alkanes) is 1. The third-order valence-electron chi connectivity index (χ3n) is 2.94. The molecule has 4 heteroatoms. The van der Waals surface area contributed by atoms with Gasteiger partial charge in [-0.1, -0.05) is 0 Å². The maximum atomic E-state index is 11.7. The first-order chi connectivity index (χ1) is 7.84. The van der Waals surface area contributed by atoms with Crippen LogP contribution in [0.5, 0.6) is 0 Å². The molecule has 0 aromatic rings. The van der Waals surface area contributed by atoms with Gasteiger partial charge in [0.05, 0.1) is 6.54 Å². The quantitative estimate of drug-likeness (QED) is 0.661. The highest BCUT2D eigenvalue weighted by molar-refractivity contribution is 5.78. The molecule has 16 heavy (non-hydrogen) atoms. The zero-order valence-corrected chi connectivity index (χ0v) is 10.3. The van der Waals surface area contributed by atoms with Crippen molar-refractivity contribution in [2.75, 3.05) is 39.9 Å². The predicted octanol–water partition coefficient (Wildman–Crippen LogP) is 1.02. The zero-order chi connectivity index (χ0) is 11.6. The Morgan fingerprint density at radius 2 is 2.00 bits per heavy atom. The monoisotopic (exact) mass is 228 g/mol. The molecule has 0 bridgehead atoms. The molecule has 1 saturated heterocycles. The van der Waals surface area contributed by atoms with E-state index >= 15 is 0 Å². The number of rotatable bonds is 7. The van der Waals surface area contributed by atoms with Crippen molar-refractivity contribution in [3.8, 4) is 0 Å². The minimum absolute atomic E-state index is 0.256. The molecule has 1 N–H and O–H groups in total. The van der Waals surface area contributed by atoms with E-state index in [0.29, 0.717) is 6.54 Å². The molecule has 1 rings (SSSR count). The lowest BCUT2D eigenvalue weighted by Gasteiger charge is -2.26. The third kappa shape index (κ3) is 5.47. The number of hydrogen-bond acceptors (Lipinski definition) is 3. The van der Waals surface area contributed by atoms with Crippen molar-refractivity contribution in [2.24, 2.45) is 0 Å².